The van der Waals surface area contributed by atoms with E-state index >= 15 is 0 Å². The number of aromatic nitrogens is 1. The van der Waals surface area contributed by atoms with E-state index in [1.54, 1.807) is 30.5 Å². The number of nitrogens with zero attached hydrogens (tertiary/aromatic N) is 3. The monoisotopic (exact) mass is 316 g/mol. The number of aliphatic imine (C=N–C) groups is 1. The molecule has 0 spiro atoms. The van der Waals surface area contributed by atoms with Crippen LogP contribution in [0, 0.1) is 0 Å². The summed E-state index contributed by atoms with van der Waals surface area (Å²) in [4.78, 5) is 10.9. The zero-order valence-corrected chi connectivity index (χ0v) is 13.1. The largest absolute Gasteiger partial charge is 0.363 e. The van der Waals surface area contributed by atoms with Crippen LogP contribution in [0.1, 0.15) is 11.1 Å². The molecule has 1 aromatic heterocycles. The maximum Gasteiger partial charge on any atom is 0.263 e. The van der Waals surface area contributed by atoms with Crippen molar-refractivity contribution in [2.24, 2.45) is 4.99 Å². The molecule has 0 amide bonds. The first-order valence-corrected chi connectivity index (χ1v) is 8.24. The lowest BCUT2D eigenvalue weighted by Gasteiger charge is -2.10. The lowest BCUT2D eigenvalue weighted by molar-refractivity contribution is 0.595. The van der Waals surface area contributed by atoms with Gasteiger partial charge in [0.1, 0.15) is 11.7 Å². The average molecular weight is 316 g/mol. The number of nitrogens with one attached hydrogen (secondary N) is 1. The van der Waals surface area contributed by atoms with Crippen molar-refractivity contribution in [3.05, 3.63) is 53.7 Å². The molecule has 0 unspecified atom stereocenters. The molecule has 0 fully saturated rings. The number of pyridine rings is 1. The molecule has 1 aliphatic rings. The molecule has 0 saturated carbocycles. The van der Waals surface area contributed by atoms with Gasteiger partial charge in [-0.3, -0.25) is 9.71 Å². The lowest BCUT2D eigenvalue weighted by atomic mass is 10.2. The summed E-state index contributed by atoms with van der Waals surface area (Å²) in [5.41, 5.74) is 1.53. The Balaban J connectivity index is 1.85. The number of anilines is 1. The highest BCUT2D eigenvalue weighted by atomic mass is 32.2. The van der Waals surface area contributed by atoms with Gasteiger partial charge in [-0.15, -0.1) is 0 Å². The third kappa shape index (κ3) is 2.67. The second-order valence-electron chi connectivity index (χ2n) is 5.19. The molecule has 0 bridgehead atoms. The van der Waals surface area contributed by atoms with E-state index in [4.69, 9.17) is 0 Å². The Morgan fingerprint density at radius 1 is 1.18 bits per heavy atom. The van der Waals surface area contributed by atoms with Gasteiger partial charge in [-0.2, -0.15) is 0 Å². The van der Waals surface area contributed by atoms with Gasteiger partial charge in [0.25, 0.3) is 10.0 Å². The van der Waals surface area contributed by atoms with Crippen molar-refractivity contribution in [3.63, 3.8) is 0 Å². The van der Waals surface area contributed by atoms with Crippen molar-refractivity contribution in [3.8, 4) is 0 Å². The van der Waals surface area contributed by atoms with Crippen LogP contribution < -0.4 is 9.62 Å². The summed E-state index contributed by atoms with van der Waals surface area (Å²) in [5, 5.41) is 0. The topological polar surface area (TPSA) is 74.7 Å². The van der Waals surface area contributed by atoms with Crippen molar-refractivity contribution >= 4 is 21.7 Å². The van der Waals surface area contributed by atoms with E-state index in [9.17, 15) is 8.42 Å². The molecule has 0 radical (unpaired) electrons. The highest BCUT2D eigenvalue weighted by Crippen LogP contribution is 2.22. The minimum Gasteiger partial charge on any atom is -0.363 e. The molecule has 7 heteroatoms. The average Bonchev–Trinajstić information content (AvgIpc) is 2.77. The number of fused-ring (bicyclic) bond motifs is 1. The Kier molecular flexibility index (Phi) is 3.58. The number of sulfonamides is 1. The minimum atomic E-state index is -3.48. The van der Waals surface area contributed by atoms with Crippen molar-refractivity contribution in [2.45, 2.75) is 11.4 Å². The summed E-state index contributed by atoms with van der Waals surface area (Å²) < 4.78 is 26.5. The second-order valence-corrected chi connectivity index (χ2v) is 6.84. The summed E-state index contributed by atoms with van der Waals surface area (Å²) in [7, 11) is 0.366. The van der Waals surface area contributed by atoms with Crippen LogP contribution in [0.25, 0.3) is 0 Å². The first-order valence-electron chi connectivity index (χ1n) is 6.76. The molecule has 1 aliphatic heterocycles. The van der Waals surface area contributed by atoms with E-state index in [0.29, 0.717) is 17.9 Å². The Morgan fingerprint density at radius 3 is 2.64 bits per heavy atom. The number of rotatable bonds is 3. The van der Waals surface area contributed by atoms with E-state index in [2.05, 4.69) is 14.7 Å². The third-order valence-corrected chi connectivity index (χ3v) is 4.75. The van der Waals surface area contributed by atoms with Crippen LogP contribution in [0.4, 0.5) is 5.82 Å². The van der Waals surface area contributed by atoms with Crippen LogP contribution in [0.15, 0.2) is 52.5 Å². The summed E-state index contributed by atoms with van der Waals surface area (Å²) >= 11 is 0. The van der Waals surface area contributed by atoms with Crippen LogP contribution in [0.2, 0.25) is 0 Å². The molecule has 3 rings (SSSR count). The summed E-state index contributed by atoms with van der Waals surface area (Å²) in [6, 6.07) is 10.7. The Labute approximate surface area is 129 Å². The fraction of sp³-hybridized carbons (Fsp3) is 0.200. The van der Waals surface area contributed by atoms with E-state index in [1.165, 1.54) is 0 Å². The summed E-state index contributed by atoms with van der Waals surface area (Å²) in [5.74, 6) is 1.25. The zero-order valence-electron chi connectivity index (χ0n) is 12.3. The second kappa shape index (κ2) is 5.42. The number of amidine groups is 1. The number of hydrogen-bond donors (Lipinski definition) is 1. The summed E-state index contributed by atoms with van der Waals surface area (Å²) in [6.07, 6.45) is 1.74. The van der Waals surface area contributed by atoms with E-state index in [0.717, 1.165) is 11.4 Å². The number of benzene rings is 1. The van der Waals surface area contributed by atoms with Gasteiger partial charge in [-0.05, 0) is 23.8 Å². The zero-order chi connectivity index (χ0) is 15.7. The molecule has 0 aliphatic carbocycles. The smallest absolute Gasteiger partial charge is 0.263 e. The van der Waals surface area contributed by atoms with Gasteiger partial charge in [0.15, 0.2) is 0 Å². The third-order valence-electron chi connectivity index (χ3n) is 3.35. The van der Waals surface area contributed by atoms with Gasteiger partial charge >= 0.3 is 0 Å². The molecule has 2 aromatic rings. The lowest BCUT2D eigenvalue weighted by Crippen LogP contribution is -2.22. The van der Waals surface area contributed by atoms with E-state index in [1.807, 2.05) is 31.1 Å². The van der Waals surface area contributed by atoms with Crippen LogP contribution in [-0.2, 0) is 16.6 Å². The van der Waals surface area contributed by atoms with Crippen molar-refractivity contribution in [1.82, 2.24) is 9.71 Å². The highest BCUT2D eigenvalue weighted by molar-refractivity contribution is 7.90. The Morgan fingerprint density at radius 2 is 1.95 bits per heavy atom. The molecule has 1 N–H and O–H groups in total. The molecule has 114 valence electrons. The van der Waals surface area contributed by atoms with Gasteiger partial charge in [0, 0.05) is 25.9 Å². The molecule has 0 atom stereocenters. The quantitative estimate of drug-likeness (QED) is 0.928. The van der Waals surface area contributed by atoms with E-state index in [-0.39, 0.29) is 4.90 Å². The fourth-order valence-electron chi connectivity index (χ4n) is 2.20. The van der Waals surface area contributed by atoms with Crippen LogP contribution >= 0.6 is 0 Å². The fourth-order valence-corrected chi connectivity index (χ4v) is 3.45. The van der Waals surface area contributed by atoms with Crippen molar-refractivity contribution < 1.29 is 8.42 Å². The van der Waals surface area contributed by atoms with Gasteiger partial charge in [0.05, 0.1) is 11.4 Å². The first kappa shape index (κ1) is 14.5. The van der Waals surface area contributed by atoms with Crippen LogP contribution in [0.3, 0.4) is 0 Å². The predicted octanol–water partition coefficient (Wildman–Crippen LogP) is 1.39. The standard InChI is InChI=1S/C15H16N4O2S/c1-19(2)14-8-7-11(9-16-14)10-17-15-12-5-3-4-6-13(12)22(20,21)18-15/h3-9H,10H2,1-2H3,(H,17,18). The van der Waals surface area contributed by atoms with Gasteiger partial charge in [-0.1, -0.05) is 18.2 Å². The molecule has 1 aromatic carbocycles. The van der Waals surface area contributed by atoms with Gasteiger partial charge < -0.3 is 4.90 Å². The minimum absolute atomic E-state index is 0.273. The van der Waals surface area contributed by atoms with Crippen molar-refractivity contribution in [2.75, 3.05) is 19.0 Å². The van der Waals surface area contributed by atoms with E-state index < -0.39 is 10.0 Å². The predicted molar refractivity (Wildman–Crippen MR) is 85.6 cm³/mol. The van der Waals surface area contributed by atoms with Gasteiger partial charge in [-0.25, -0.2) is 13.4 Å². The maximum absolute atomic E-state index is 12.0. The van der Waals surface area contributed by atoms with Crippen molar-refractivity contribution in [1.29, 1.82) is 0 Å². The summed E-state index contributed by atoms with van der Waals surface area (Å²) in [6.45, 7) is 0.368. The SMILES string of the molecule is CN(C)c1ccc(CN=C2NS(=O)(=O)c3ccccc32)cn1. The molecule has 2 heterocycles. The Bertz CT molecular complexity index is 827. The molecular formula is C15H16N4O2S. The normalized spacial score (nSPS) is 17.1. The molecule has 0 saturated heterocycles. The van der Waals surface area contributed by atoms with Gasteiger partial charge in [0.2, 0.25) is 0 Å². The first-order chi connectivity index (χ1) is 10.5. The molecule has 22 heavy (non-hydrogen) atoms. The Hall–Kier alpha value is -2.41. The highest BCUT2D eigenvalue weighted by Gasteiger charge is 2.29. The number of hydrogen-bond acceptors (Lipinski definition) is 5. The molecule has 6 nitrogen and oxygen atoms in total. The maximum atomic E-state index is 12.0. The van der Waals surface area contributed by atoms with Crippen LogP contribution in [-0.4, -0.2) is 33.3 Å². The molecular weight excluding hydrogens is 300 g/mol. The van der Waals surface area contributed by atoms with Crippen LogP contribution in [0.5, 0.6) is 0 Å².